The van der Waals surface area contributed by atoms with Crippen LogP contribution < -0.4 is 14.4 Å². The van der Waals surface area contributed by atoms with Crippen molar-refractivity contribution in [1.82, 2.24) is 10.2 Å². The smallest absolute Gasteiger partial charge is 0.243 e. The molecular weight excluding hydrogens is 654 g/mol. The van der Waals surface area contributed by atoms with Crippen LogP contribution in [0, 0.1) is 0 Å². The summed E-state index contributed by atoms with van der Waals surface area (Å²) >= 11 is 9.77. The molecule has 3 aromatic carbocycles. The van der Waals surface area contributed by atoms with Gasteiger partial charge >= 0.3 is 0 Å². The summed E-state index contributed by atoms with van der Waals surface area (Å²) in [6.07, 6.45) is 3.50. The van der Waals surface area contributed by atoms with E-state index in [9.17, 15) is 18.0 Å². The lowest BCUT2D eigenvalue weighted by Crippen LogP contribution is -2.50. The van der Waals surface area contributed by atoms with Gasteiger partial charge in [0.1, 0.15) is 11.8 Å². The molecule has 0 saturated heterocycles. The highest BCUT2D eigenvalue weighted by atomic mass is 79.9. The molecule has 232 valence electrons. The molecule has 0 aliphatic rings. The minimum atomic E-state index is -3.67. The van der Waals surface area contributed by atoms with Crippen LogP contribution in [0.25, 0.3) is 0 Å². The van der Waals surface area contributed by atoms with Crippen molar-refractivity contribution in [2.45, 2.75) is 51.6 Å². The molecule has 11 heteroatoms. The first-order valence-electron chi connectivity index (χ1n) is 14.2. The largest absolute Gasteiger partial charge is 0.495 e. The number of hydrogen-bond donors (Lipinski definition) is 1. The number of anilines is 1. The molecule has 0 saturated carbocycles. The Morgan fingerprint density at radius 3 is 2.35 bits per heavy atom. The minimum Gasteiger partial charge on any atom is -0.495 e. The van der Waals surface area contributed by atoms with Crippen LogP contribution in [0.4, 0.5) is 5.69 Å². The molecule has 0 spiro atoms. The summed E-state index contributed by atoms with van der Waals surface area (Å²) < 4.78 is 32.7. The number of amides is 2. The van der Waals surface area contributed by atoms with Crippen molar-refractivity contribution in [3.05, 3.63) is 93.4 Å². The van der Waals surface area contributed by atoms with Crippen LogP contribution in [0.1, 0.15) is 43.7 Å². The van der Waals surface area contributed by atoms with E-state index in [4.69, 9.17) is 16.3 Å². The molecule has 0 bridgehead atoms. The number of unbranched alkanes of at least 4 members (excludes halogenated alkanes) is 1. The van der Waals surface area contributed by atoms with Gasteiger partial charge in [-0.05, 0) is 54.3 Å². The number of benzene rings is 3. The lowest BCUT2D eigenvalue weighted by molar-refractivity contribution is -0.141. The number of nitrogens with zero attached hydrogens (tertiary/aromatic N) is 2. The predicted octanol–water partition coefficient (Wildman–Crippen LogP) is 6.21. The first-order valence-corrected chi connectivity index (χ1v) is 17.2. The molecule has 1 atom stereocenters. The Morgan fingerprint density at radius 2 is 1.72 bits per heavy atom. The number of halogens is 2. The summed E-state index contributed by atoms with van der Waals surface area (Å²) in [6.45, 7) is 2.86. The van der Waals surface area contributed by atoms with Gasteiger partial charge in [-0.15, -0.1) is 0 Å². The molecule has 2 amide bonds. The molecule has 0 heterocycles. The van der Waals surface area contributed by atoms with Crippen molar-refractivity contribution >= 4 is 55.1 Å². The quantitative estimate of drug-likeness (QED) is 0.180. The monoisotopic (exact) mass is 691 g/mol. The fraction of sp³-hybridized carbons (Fsp3) is 0.375. The van der Waals surface area contributed by atoms with Crippen LogP contribution in [-0.4, -0.2) is 57.6 Å². The van der Waals surface area contributed by atoms with E-state index < -0.39 is 16.1 Å². The molecule has 3 rings (SSSR count). The van der Waals surface area contributed by atoms with Gasteiger partial charge in [-0.2, -0.15) is 0 Å². The van der Waals surface area contributed by atoms with Crippen molar-refractivity contribution in [3.63, 3.8) is 0 Å². The lowest BCUT2D eigenvalue weighted by Gasteiger charge is -2.32. The molecular formula is C32H39BrClN3O5S. The third-order valence-corrected chi connectivity index (χ3v) is 8.90. The standard InChI is InChI=1S/C32H39BrClN3O5S/c1-4-5-18-35-32(39)29(21-24-11-7-6-8-12-24)36(23-25-13-9-14-26(33)20-25)31(38)15-10-19-37(43(3,40)41)27-16-17-30(42-2)28(34)22-27/h6-9,11-14,16-17,20,22,29H,4-5,10,15,18-19,21,23H2,1-3H3,(H,35,39)/t29-/m1/s1. The predicted molar refractivity (Wildman–Crippen MR) is 176 cm³/mol. The molecule has 0 aliphatic carbocycles. The van der Waals surface area contributed by atoms with E-state index in [1.165, 1.54) is 17.5 Å². The Hall–Kier alpha value is -3.08. The lowest BCUT2D eigenvalue weighted by atomic mass is 10.0. The van der Waals surface area contributed by atoms with Crippen molar-refractivity contribution in [2.75, 3.05) is 30.8 Å². The Kier molecular flexibility index (Phi) is 13.3. The Morgan fingerprint density at radius 1 is 1.00 bits per heavy atom. The zero-order chi connectivity index (χ0) is 31.4. The van der Waals surface area contributed by atoms with Crippen LogP contribution in [-0.2, 0) is 32.6 Å². The topological polar surface area (TPSA) is 96.0 Å². The molecule has 3 aromatic rings. The second kappa shape index (κ2) is 16.7. The Bertz CT molecular complexity index is 1470. The SMILES string of the molecule is CCCCNC(=O)[C@@H](Cc1ccccc1)N(Cc1cccc(Br)c1)C(=O)CCCN(c1ccc(OC)c(Cl)c1)S(C)(=O)=O. The number of nitrogens with one attached hydrogen (secondary N) is 1. The number of carbonyl (C=O) groups excluding carboxylic acids is 2. The number of hydrogen-bond acceptors (Lipinski definition) is 5. The molecule has 0 fully saturated rings. The molecule has 0 aromatic heterocycles. The van der Waals surface area contributed by atoms with Crippen molar-refractivity contribution < 1.29 is 22.7 Å². The van der Waals surface area contributed by atoms with Crippen molar-refractivity contribution in [2.24, 2.45) is 0 Å². The highest BCUT2D eigenvalue weighted by molar-refractivity contribution is 9.10. The Labute approximate surface area is 268 Å². The van der Waals surface area contributed by atoms with Crippen LogP contribution in [0.2, 0.25) is 5.02 Å². The third kappa shape index (κ3) is 10.5. The summed E-state index contributed by atoms with van der Waals surface area (Å²) in [7, 11) is -2.19. The highest BCUT2D eigenvalue weighted by Crippen LogP contribution is 2.30. The van der Waals surface area contributed by atoms with E-state index >= 15 is 0 Å². The first kappa shape index (κ1) is 34.4. The van der Waals surface area contributed by atoms with Gasteiger partial charge in [-0.3, -0.25) is 13.9 Å². The number of rotatable bonds is 16. The fourth-order valence-electron chi connectivity index (χ4n) is 4.71. The van der Waals surface area contributed by atoms with E-state index in [1.807, 2.05) is 54.6 Å². The zero-order valence-corrected chi connectivity index (χ0v) is 27.9. The molecule has 8 nitrogen and oxygen atoms in total. The summed E-state index contributed by atoms with van der Waals surface area (Å²) in [5.41, 5.74) is 2.18. The van der Waals surface area contributed by atoms with Crippen molar-refractivity contribution in [3.8, 4) is 5.75 Å². The van der Waals surface area contributed by atoms with Crippen LogP contribution >= 0.6 is 27.5 Å². The molecule has 1 N–H and O–H groups in total. The second-order valence-corrected chi connectivity index (χ2v) is 13.5. The number of methoxy groups -OCH3 is 1. The van der Waals surface area contributed by atoms with Crippen LogP contribution in [0.5, 0.6) is 5.75 Å². The van der Waals surface area contributed by atoms with Crippen LogP contribution in [0.15, 0.2) is 77.3 Å². The fourth-order valence-corrected chi connectivity index (χ4v) is 6.36. The van der Waals surface area contributed by atoms with E-state index in [0.29, 0.717) is 24.4 Å². The summed E-state index contributed by atoms with van der Waals surface area (Å²) in [6, 6.07) is 21.2. The zero-order valence-electron chi connectivity index (χ0n) is 24.8. The Balaban J connectivity index is 1.88. The van der Waals surface area contributed by atoms with Gasteiger partial charge in [0, 0.05) is 36.9 Å². The van der Waals surface area contributed by atoms with E-state index in [0.717, 1.165) is 34.7 Å². The third-order valence-electron chi connectivity index (χ3n) is 6.92. The minimum absolute atomic E-state index is 0.0391. The van der Waals surface area contributed by atoms with Gasteiger partial charge in [0.2, 0.25) is 21.8 Å². The maximum absolute atomic E-state index is 13.9. The number of ether oxygens (including phenoxy) is 1. The maximum Gasteiger partial charge on any atom is 0.243 e. The normalized spacial score (nSPS) is 11.9. The molecule has 0 unspecified atom stereocenters. The maximum atomic E-state index is 13.9. The van der Waals surface area contributed by atoms with Gasteiger partial charge in [0.25, 0.3) is 0 Å². The highest BCUT2D eigenvalue weighted by Gasteiger charge is 2.30. The second-order valence-electron chi connectivity index (χ2n) is 10.3. The molecule has 0 radical (unpaired) electrons. The van der Waals surface area contributed by atoms with Gasteiger partial charge < -0.3 is 15.0 Å². The first-order chi connectivity index (χ1) is 20.5. The summed E-state index contributed by atoms with van der Waals surface area (Å²) in [5, 5.41) is 3.29. The average Bonchev–Trinajstić information content (AvgIpc) is 2.97. The van der Waals surface area contributed by atoms with E-state index in [2.05, 4.69) is 28.2 Å². The molecule has 0 aliphatic heterocycles. The molecule has 43 heavy (non-hydrogen) atoms. The van der Waals surface area contributed by atoms with Gasteiger partial charge in [-0.1, -0.05) is 83.3 Å². The summed E-state index contributed by atoms with van der Waals surface area (Å²) in [4.78, 5) is 29.1. The van der Waals surface area contributed by atoms with E-state index in [1.54, 1.807) is 17.0 Å². The van der Waals surface area contributed by atoms with E-state index in [-0.39, 0.29) is 42.8 Å². The van der Waals surface area contributed by atoms with Gasteiger partial charge in [-0.25, -0.2) is 8.42 Å². The van der Waals surface area contributed by atoms with Gasteiger partial charge in [0.05, 0.1) is 24.1 Å². The van der Waals surface area contributed by atoms with Crippen molar-refractivity contribution in [1.29, 1.82) is 0 Å². The van der Waals surface area contributed by atoms with Gasteiger partial charge in [0.15, 0.2) is 0 Å². The number of sulfonamides is 1. The number of carbonyl (C=O) groups is 2. The average molecular weight is 693 g/mol. The summed E-state index contributed by atoms with van der Waals surface area (Å²) in [5.74, 6) is -0.0297. The van der Waals surface area contributed by atoms with Crippen LogP contribution in [0.3, 0.4) is 0 Å².